The minimum absolute atomic E-state index is 0.0538. The molecule has 0 bridgehead atoms. The molecule has 0 radical (unpaired) electrons. The first-order chi connectivity index (χ1) is 8.16. The summed E-state index contributed by atoms with van der Waals surface area (Å²) in [6, 6.07) is 3.65. The first-order valence-corrected chi connectivity index (χ1v) is 5.32. The summed E-state index contributed by atoms with van der Waals surface area (Å²) in [6.45, 7) is 0. The monoisotopic (exact) mass is 232 g/mol. The van der Waals surface area contributed by atoms with E-state index in [4.69, 9.17) is 10.2 Å². The number of anilines is 2. The number of amides is 1. The molecule has 0 saturated carbocycles. The second-order valence-corrected chi connectivity index (χ2v) is 4.09. The van der Waals surface area contributed by atoms with Gasteiger partial charge in [0.25, 0.3) is 0 Å². The summed E-state index contributed by atoms with van der Waals surface area (Å²) < 4.78 is 6.95. The van der Waals surface area contributed by atoms with E-state index in [1.165, 1.54) is 0 Å². The van der Waals surface area contributed by atoms with E-state index in [1.54, 1.807) is 24.1 Å². The molecule has 1 aliphatic heterocycles. The van der Waals surface area contributed by atoms with Gasteiger partial charge in [-0.05, 0) is 12.1 Å². The molecule has 6 nitrogen and oxygen atoms in total. The van der Waals surface area contributed by atoms with Gasteiger partial charge in [0, 0.05) is 19.0 Å². The molecule has 0 aliphatic carbocycles. The molecule has 0 saturated heterocycles. The van der Waals surface area contributed by atoms with Gasteiger partial charge in [-0.3, -0.25) is 9.48 Å². The van der Waals surface area contributed by atoms with Crippen LogP contribution in [0.15, 0.2) is 22.8 Å². The van der Waals surface area contributed by atoms with Crippen LogP contribution < -0.4 is 11.1 Å². The van der Waals surface area contributed by atoms with Crippen LogP contribution in [0.25, 0.3) is 0 Å². The second-order valence-electron chi connectivity index (χ2n) is 4.09. The van der Waals surface area contributed by atoms with Gasteiger partial charge in [0.15, 0.2) is 5.82 Å². The third kappa shape index (κ3) is 1.41. The van der Waals surface area contributed by atoms with E-state index < -0.39 is 0 Å². The van der Waals surface area contributed by atoms with Crippen molar-refractivity contribution in [3.05, 3.63) is 29.7 Å². The molecule has 0 aromatic carbocycles. The number of nitrogens with zero attached hydrogens (tertiary/aromatic N) is 2. The number of rotatable bonds is 1. The fourth-order valence-corrected chi connectivity index (χ4v) is 2.26. The Balaban J connectivity index is 2.17. The van der Waals surface area contributed by atoms with Gasteiger partial charge in [0.05, 0.1) is 12.2 Å². The molecule has 3 heterocycles. The number of hydrogen-bond acceptors (Lipinski definition) is 4. The number of fused-ring (bicyclic) bond motifs is 1. The highest BCUT2D eigenvalue weighted by molar-refractivity contribution is 5.95. The lowest BCUT2D eigenvalue weighted by Gasteiger charge is -2.21. The standard InChI is InChI=1S/C11H12N4O2/c1-15-11-9(10(12)14-15)6(5-8(16)13-11)7-3-2-4-17-7/h2-4,6H,5H2,1H3,(H2,12,14)(H,13,16)/t6-/m0/s1. The first-order valence-electron chi connectivity index (χ1n) is 5.32. The highest BCUT2D eigenvalue weighted by Gasteiger charge is 2.33. The predicted octanol–water partition coefficient (Wildman–Crippen LogP) is 1.07. The van der Waals surface area contributed by atoms with Crippen LogP contribution in [0.5, 0.6) is 0 Å². The van der Waals surface area contributed by atoms with Gasteiger partial charge in [-0.15, -0.1) is 0 Å². The van der Waals surface area contributed by atoms with Crippen LogP contribution in [0.3, 0.4) is 0 Å². The van der Waals surface area contributed by atoms with Crippen molar-refractivity contribution in [3.63, 3.8) is 0 Å². The summed E-state index contributed by atoms with van der Waals surface area (Å²) in [4.78, 5) is 11.7. The molecule has 1 aliphatic rings. The molecule has 0 unspecified atom stereocenters. The lowest BCUT2D eigenvalue weighted by Crippen LogP contribution is -2.24. The van der Waals surface area contributed by atoms with Crippen molar-refractivity contribution in [3.8, 4) is 0 Å². The van der Waals surface area contributed by atoms with Crippen molar-refractivity contribution in [1.82, 2.24) is 9.78 Å². The van der Waals surface area contributed by atoms with E-state index in [0.717, 1.165) is 11.3 Å². The predicted molar refractivity (Wildman–Crippen MR) is 61.4 cm³/mol. The largest absolute Gasteiger partial charge is 0.469 e. The van der Waals surface area contributed by atoms with Crippen LogP contribution in [-0.4, -0.2) is 15.7 Å². The van der Waals surface area contributed by atoms with E-state index in [0.29, 0.717) is 18.1 Å². The lowest BCUT2D eigenvalue weighted by atomic mass is 9.91. The van der Waals surface area contributed by atoms with Crippen LogP contribution in [0, 0.1) is 0 Å². The van der Waals surface area contributed by atoms with Gasteiger partial charge in [0.1, 0.15) is 11.6 Å². The normalized spacial score (nSPS) is 18.9. The number of aryl methyl sites for hydroxylation is 1. The fraction of sp³-hybridized carbons (Fsp3) is 0.273. The third-order valence-corrected chi connectivity index (χ3v) is 2.99. The minimum atomic E-state index is -0.151. The zero-order valence-electron chi connectivity index (χ0n) is 9.30. The Hall–Kier alpha value is -2.24. The Morgan fingerprint density at radius 3 is 3.18 bits per heavy atom. The van der Waals surface area contributed by atoms with E-state index in [2.05, 4.69) is 10.4 Å². The number of nitrogen functional groups attached to an aromatic ring is 1. The van der Waals surface area contributed by atoms with Crippen molar-refractivity contribution >= 4 is 17.5 Å². The van der Waals surface area contributed by atoms with Crippen LogP contribution in [0.2, 0.25) is 0 Å². The van der Waals surface area contributed by atoms with Gasteiger partial charge >= 0.3 is 0 Å². The van der Waals surface area contributed by atoms with Crippen LogP contribution in [0.1, 0.15) is 23.7 Å². The smallest absolute Gasteiger partial charge is 0.226 e. The van der Waals surface area contributed by atoms with Gasteiger partial charge in [-0.25, -0.2) is 0 Å². The number of furan rings is 1. The zero-order valence-corrected chi connectivity index (χ0v) is 9.30. The Morgan fingerprint density at radius 1 is 1.65 bits per heavy atom. The zero-order chi connectivity index (χ0) is 12.0. The molecule has 6 heteroatoms. The van der Waals surface area contributed by atoms with Crippen molar-refractivity contribution in [2.24, 2.45) is 7.05 Å². The summed E-state index contributed by atoms with van der Waals surface area (Å²) in [5.41, 5.74) is 6.71. The Bertz CT molecular complexity index is 571. The SMILES string of the molecule is Cn1nc(N)c2c1NC(=O)C[C@H]2c1ccco1. The number of hydrogen-bond donors (Lipinski definition) is 2. The van der Waals surface area contributed by atoms with Gasteiger partial charge < -0.3 is 15.5 Å². The lowest BCUT2D eigenvalue weighted by molar-refractivity contribution is -0.116. The van der Waals surface area contributed by atoms with E-state index in [1.807, 2.05) is 6.07 Å². The minimum Gasteiger partial charge on any atom is -0.469 e. The molecular formula is C11H12N4O2. The van der Waals surface area contributed by atoms with E-state index in [-0.39, 0.29) is 11.8 Å². The maximum absolute atomic E-state index is 11.7. The number of carbonyl (C=O) groups excluding carboxylic acids is 1. The third-order valence-electron chi connectivity index (χ3n) is 2.99. The summed E-state index contributed by atoms with van der Waals surface area (Å²) in [5.74, 6) is 1.62. The summed E-state index contributed by atoms with van der Waals surface area (Å²) in [5, 5.41) is 6.91. The van der Waals surface area contributed by atoms with E-state index in [9.17, 15) is 4.79 Å². The van der Waals surface area contributed by atoms with Crippen LogP contribution in [-0.2, 0) is 11.8 Å². The topological polar surface area (TPSA) is 86.1 Å². The maximum Gasteiger partial charge on any atom is 0.226 e. The van der Waals surface area contributed by atoms with Gasteiger partial charge in [-0.1, -0.05) is 0 Å². The summed E-state index contributed by atoms with van der Waals surface area (Å²) in [6.07, 6.45) is 1.92. The number of nitrogens with one attached hydrogen (secondary N) is 1. The van der Waals surface area contributed by atoms with Crippen molar-refractivity contribution in [2.45, 2.75) is 12.3 Å². The second kappa shape index (κ2) is 3.38. The number of nitrogens with two attached hydrogens (primary N) is 1. The summed E-state index contributed by atoms with van der Waals surface area (Å²) >= 11 is 0. The van der Waals surface area contributed by atoms with E-state index >= 15 is 0 Å². The Kier molecular flexibility index (Phi) is 1.98. The van der Waals surface area contributed by atoms with Crippen LogP contribution in [0.4, 0.5) is 11.6 Å². The molecule has 3 rings (SSSR count). The number of carbonyl (C=O) groups is 1. The van der Waals surface area contributed by atoms with Gasteiger partial charge in [0.2, 0.25) is 5.91 Å². The van der Waals surface area contributed by atoms with Crippen molar-refractivity contribution in [1.29, 1.82) is 0 Å². The quantitative estimate of drug-likeness (QED) is 0.770. The highest BCUT2D eigenvalue weighted by Crippen LogP contribution is 2.40. The summed E-state index contributed by atoms with van der Waals surface area (Å²) in [7, 11) is 1.75. The van der Waals surface area contributed by atoms with Crippen molar-refractivity contribution in [2.75, 3.05) is 11.1 Å². The molecule has 88 valence electrons. The molecule has 0 spiro atoms. The Morgan fingerprint density at radius 2 is 2.47 bits per heavy atom. The molecule has 2 aromatic rings. The first kappa shape index (κ1) is 9.95. The molecule has 0 fully saturated rings. The van der Waals surface area contributed by atoms with Gasteiger partial charge in [-0.2, -0.15) is 5.10 Å². The molecule has 2 aromatic heterocycles. The highest BCUT2D eigenvalue weighted by atomic mass is 16.3. The fourth-order valence-electron chi connectivity index (χ4n) is 2.26. The molecule has 1 atom stereocenters. The molecular weight excluding hydrogens is 220 g/mol. The van der Waals surface area contributed by atoms with Crippen molar-refractivity contribution < 1.29 is 9.21 Å². The Labute approximate surface area is 97.4 Å². The number of aromatic nitrogens is 2. The average molecular weight is 232 g/mol. The molecule has 3 N–H and O–H groups in total. The van der Waals surface area contributed by atoms with Crippen LogP contribution >= 0.6 is 0 Å². The molecule has 17 heavy (non-hydrogen) atoms. The maximum atomic E-state index is 11.7. The average Bonchev–Trinajstić information content (AvgIpc) is 2.88. The molecule has 1 amide bonds.